The molecule has 0 N–H and O–H groups in total. The van der Waals surface area contributed by atoms with Crippen LogP contribution in [0.15, 0.2) is 58.8 Å². The Balaban J connectivity index is 1.91. The number of hydrogen-bond acceptors (Lipinski definition) is 10. The zero-order valence-corrected chi connectivity index (χ0v) is 21.6. The van der Waals surface area contributed by atoms with Crippen LogP contribution < -0.4 is 9.47 Å². The number of hydrogen-bond donors (Lipinski definition) is 0. The second-order valence-corrected chi connectivity index (χ2v) is 10.6. The standard InChI is InChI=1S/C21H20F6N2O8S2/c1-38(30,31)36-28-18(20(22,23)24)14-4-8-16(9-5-14)34-12-3-13-35-17-10-6-15(7-11-17)19(21(25,26)27)29-37-39(2,32)33/h4-11H,3,12-13H2,1-2H3/b28-18+,29-19+. The second-order valence-electron chi connectivity index (χ2n) is 7.53. The highest BCUT2D eigenvalue weighted by atomic mass is 32.2. The molecule has 0 bridgehead atoms. The van der Waals surface area contributed by atoms with Crippen LogP contribution in [-0.2, 0) is 28.8 Å². The Bertz CT molecular complexity index is 1280. The first-order valence-corrected chi connectivity index (χ1v) is 14.0. The molecule has 216 valence electrons. The van der Waals surface area contributed by atoms with Gasteiger partial charge in [0.1, 0.15) is 11.5 Å². The van der Waals surface area contributed by atoms with Crippen molar-refractivity contribution in [1.82, 2.24) is 0 Å². The lowest BCUT2D eigenvalue weighted by atomic mass is 10.1. The number of oxime groups is 2. The van der Waals surface area contributed by atoms with Crippen LogP contribution in [0.2, 0.25) is 0 Å². The van der Waals surface area contributed by atoms with Gasteiger partial charge in [0, 0.05) is 17.5 Å². The molecule has 2 aromatic rings. The summed E-state index contributed by atoms with van der Waals surface area (Å²) in [6.07, 6.45) is -8.63. The van der Waals surface area contributed by atoms with Crippen LogP contribution in [0.5, 0.6) is 11.5 Å². The quantitative estimate of drug-likeness (QED) is 0.153. The van der Waals surface area contributed by atoms with Crippen LogP contribution in [-0.4, -0.2) is 66.3 Å². The minimum Gasteiger partial charge on any atom is -0.493 e. The molecular formula is C21H20F6N2O8S2. The lowest BCUT2D eigenvalue weighted by Crippen LogP contribution is -2.24. The van der Waals surface area contributed by atoms with Crippen LogP contribution >= 0.6 is 0 Å². The third kappa shape index (κ3) is 11.4. The van der Waals surface area contributed by atoms with Crippen molar-refractivity contribution >= 4 is 31.7 Å². The maximum absolute atomic E-state index is 13.2. The van der Waals surface area contributed by atoms with E-state index in [0.717, 1.165) is 24.3 Å². The highest BCUT2D eigenvalue weighted by Crippen LogP contribution is 2.26. The van der Waals surface area contributed by atoms with Crippen molar-refractivity contribution in [3.05, 3.63) is 59.7 Å². The Morgan fingerprint density at radius 2 is 0.949 bits per heavy atom. The predicted molar refractivity (Wildman–Crippen MR) is 126 cm³/mol. The lowest BCUT2D eigenvalue weighted by molar-refractivity contribution is -0.0606. The Morgan fingerprint density at radius 3 is 1.21 bits per heavy atom. The van der Waals surface area contributed by atoms with Gasteiger partial charge in [0.05, 0.1) is 25.7 Å². The van der Waals surface area contributed by atoms with Gasteiger partial charge >= 0.3 is 32.6 Å². The summed E-state index contributed by atoms with van der Waals surface area (Å²) in [7, 11) is -8.50. The van der Waals surface area contributed by atoms with E-state index in [1.807, 2.05) is 0 Å². The fourth-order valence-electron chi connectivity index (χ4n) is 2.60. The first-order chi connectivity index (χ1) is 17.9. The number of halogens is 6. The largest absolute Gasteiger partial charge is 0.493 e. The zero-order chi connectivity index (χ0) is 29.5. The van der Waals surface area contributed by atoms with Gasteiger partial charge in [-0.05, 0) is 48.5 Å². The van der Waals surface area contributed by atoms with Gasteiger partial charge in [-0.3, -0.25) is 8.57 Å². The number of nitrogens with zero attached hydrogens (tertiary/aromatic N) is 2. The Hall–Kier alpha value is -3.54. The summed E-state index contributed by atoms with van der Waals surface area (Å²) in [6.45, 7) is 0.116. The van der Waals surface area contributed by atoms with E-state index in [-0.39, 0.29) is 31.1 Å². The summed E-state index contributed by atoms with van der Waals surface area (Å²) in [6, 6.07) is 8.81. The zero-order valence-electron chi connectivity index (χ0n) is 20.0. The average molecular weight is 607 g/mol. The Morgan fingerprint density at radius 1 is 0.641 bits per heavy atom. The van der Waals surface area contributed by atoms with E-state index in [1.165, 1.54) is 24.3 Å². The van der Waals surface area contributed by atoms with Gasteiger partial charge in [0.2, 0.25) is 0 Å². The summed E-state index contributed by atoms with van der Waals surface area (Å²) in [5, 5.41) is 5.36. The summed E-state index contributed by atoms with van der Waals surface area (Å²) in [5.74, 6) is 0.368. The van der Waals surface area contributed by atoms with E-state index in [2.05, 4.69) is 18.9 Å². The SMILES string of the molecule is CS(=O)(=O)O/N=C(\c1ccc(OCCCOc2ccc(/C(=N\OS(C)(=O)=O)C(F)(F)F)cc2)cc1)C(F)(F)F. The van der Waals surface area contributed by atoms with Gasteiger partial charge in [0.25, 0.3) is 0 Å². The molecule has 0 amide bonds. The predicted octanol–water partition coefficient (Wildman–Crippen LogP) is 4.02. The van der Waals surface area contributed by atoms with Crippen molar-refractivity contribution in [1.29, 1.82) is 0 Å². The monoisotopic (exact) mass is 606 g/mol. The number of ether oxygens (including phenoxy) is 2. The topological polar surface area (TPSA) is 130 Å². The van der Waals surface area contributed by atoms with Gasteiger partial charge in [-0.15, -0.1) is 0 Å². The smallest absolute Gasteiger partial charge is 0.437 e. The molecule has 0 spiro atoms. The molecule has 0 saturated carbocycles. The summed E-state index contributed by atoms with van der Waals surface area (Å²) in [5.41, 5.74) is -4.05. The molecule has 0 aliphatic rings. The van der Waals surface area contributed by atoms with Crippen LogP contribution in [0.4, 0.5) is 26.3 Å². The van der Waals surface area contributed by atoms with Crippen LogP contribution in [0.3, 0.4) is 0 Å². The van der Waals surface area contributed by atoms with E-state index >= 15 is 0 Å². The van der Waals surface area contributed by atoms with Gasteiger partial charge in [-0.1, -0.05) is 10.3 Å². The van der Waals surface area contributed by atoms with Gasteiger partial charge in [-0.25, -0.2) is 0 Å². The van der Waals surface area contributed by atoms with Crippen molar-refractivity contribution in [2.45, 2.75) is 18.8 Å². The number of rotatable bonds is 12. The molecule has 0 aliphatic carbocycles. The fraction of sp³-hybridized carbons (Fsp3) is 0.333. The summed E-state index contributed by atoms with van der Waals surface area (Å²) in [4.78, 5) is 0. The molecule has 0 aromatic heterocycles. The third-order valence-electron chi connectivity index (χ3n) is 4.15. The minimum absolute atomic E-state index is 0.0581. The van der Waals surface area contributed by atoms with Gasteiger partial charge < -0.3 is 9.47 Å². The van der Waals surface area contributed by atoms with Crippen molar-refractivity contribution in [2.24, 2.45) is 10.3 Å². The van der Waals surface area contributed by atoms with E-state index in [1.54, 1.807) is 0 Å². The number of benzene rings is 2. The molecule has 0 radical (unpaired) electrons. The molecule has 0 unspecified atom stereocenters. The van der Waals surface area contributed by atoms with Crippen molar-refractivity contribution in [3.63, 3.8) is 0 Å². The Labute approximate surface area is 219 Å². The number of alkyl halides is 6. The minimum atomic E-state index is -4.99. The highest BCUT2D eigenvalue weighted by molar-refractivity contribution is 7.86. The van der Waals surface area contributed by atoms with Crippen molar-refractivity contribution in [2.75, 3.05) is 25.7 Å². The van der Waals surface area contributed by atoms with Crippen LogP contribution in [0, 0.1) is 0 Å². The van der Waals surface area contributed by atoms with E-state index in [9.17, 15) is 43.2 Å². The molecule has 39 heavy (non-hydrogen) atoms. The molecular weight excluding hydrogens is 586 g/mol. The maximum Gasteiger partial charge on any atom is 0.437 e. The van der Waals surface area contributed by atoms with E-state index in [4.69, 9.17) is 9.47 Å². The van der Waals surface area contributed by atoms with Crippen molar-refractivity contribution in [3.8, 4) is 11.5 Å². The maximum atomic E-state index is 13.2. The average Bonchev–Trinajstić information content (AvgIpc) is 2.77. The molecule has 10 nitrogen and oxygen atoms in total. The molecule has 0 saturated heterocycles. The Kier molecular flexibility index (Phi) is 10.2. The third-order valence-corrected chi connectivity index (χ3v) is 4.84. The fourth-order valence-corrected chi connectivity index (χ4v) is 3.02. The first kappa shape index (κ1) is 31.7. The molecule has 0 aliphatic heterocycles. The normalized spacial score (nSPS) is 13.6. The lowest BCUT2D eigenvalue weighted by Gasteiger charge is -2.12. The van der Waals surface area contributed by atoms with Gasteiger partial charge in [-0.2, -0.15) is 43.2 Å². The van der Waals surface area contributed by atoms with E-state index < -0.39 is 55.1 Å². The molecule has 0 atom stereocenters. The van der Waals surface area contributed by atoms with Gasteiger partial charge in [0.15, 0.2) is 11.4 Å². The van der Waals surface area contributed by atoms with E-state index in [0.29, 0.717) is 12.5 Å². The first-order valence-electron chi connectivity index (χ1n) is 10.4. The second kappa shape index (κ2) is 12.5. The van der Waals surface area contributed by atoms with Crippen molar-refractivity contribution < 1.29 is 61.2 Å². The van der Waals surface area contributed by atoms with Crippen LogP contribution in [0.25, 0.3) is 0 Å². The summed E-state index contributed by atoms with van der Waals surface area (Å²) < 4.78 is 141. The summed E-state index contributed by atoms with van der Waals surface area (Å²) >= 11 is 0. The highest BCUT2D eigenvalue weighted by Gasteiger charge is 2.39. The molecule has 2 aromatic carbocycles. The molecule has 0 fully saturated rings. The molecule has 2 rings (SSSR count). The molecule has 18 heteroatoms. The molecule has 0 heterocycles. The van der Waals surface area contributed by atoms with Crippen LogP contribution in [0.1, 0.15) is 17.5 Å².